The molecule has 2 aliphatic rings. The van der Waals surface area contributed by atoms with E-state index in [9.17, 15) is 9.59 Å². The molecule has 1 aromatic rings. The number of urea groups is 1. The zero-order valence-electron chi connectivity index (χ0n) is 13.2. The molecule has 1 saturated heterocycles. The Balaban J connectivity index is 1.79. The van der Waals surface area contributed by atoms with Crippen LogP contribution in [-0.2, 0) is 16.8 Å². The predicted octanol–water partition coefficient (Wildman–Crippen LogP) is 3.60. The monoisotopic (exact) mass is 354 g/mol. The van der Waals surface area contributed by atoms with Gasteiger partial charge in [-0.3, -0.25) is 9.69 Å². The fraction of sp³-hybridized carbons (Fsp3) is 0.529. The molecular weight excluding hydrogens is 335 g/mol. The highest BCUT2D eigenvalue weighted by Gasteiger charge is 2.56. The van der Waals surface area contributed by atoms with Crippen LogP contribution in [0.1, 0.15) is 37.8 Å². The number of hydrogen-bond donors (Lipinski definition) is 1. The van der Waals surface area contributed by atoms with E-state index in [1.165, 1.54) is 10.5 Å². The lowest BCUT2D eigenvalue weighted by Crippen LogP contribution is -2.41. The topological polar surface area (TPSA) is 49.4 Å². The lowest BCUT2D eigenvalue weighted by Gasteiger charge is -2.22. The van der Waals surface area contributed by atoms with Gasteiger partial charge in [0.25, 0.3) is 5.91 Å². The van der Waals surface area contributed by atoms with E-state index in [0.717, 1.165) is 18.4 Å². The molecule has 0 bridgehead atoms. The molecule has 3 amide bonds. The lowest BCUT2D eigenvalue weighted by atomic mass is 9.91. The van der Waals surface area contributed by atoms with Crippen molar-refractivity contribution < 1.29 is 9.59 Å². The van der Waals surface area contributed by atoms with Gasteiger partial charge in [-0.15, -0.1) is 23.2 Å². The zero-order chi connectivity index (χ0) is 16.8. The first-order valence-corrected chi connectivity index (χ1v) is 8.65. The summed E-state index contributed by atoms with van der Waals surface area (Å²) >= 11 is 12.0. The van der Waals surface area contributed by atoms with E-state index < -0.39 is 9.87 Å². The summed E-state index contributed by atoms with van der Waals surface area (Å²) in [6.07, 6.45) is 2.67. The first-order chi connectivity index (χ1) is 10.8. The third-order valence-corrected chi connectivity index (χ3v) is 5.63. The smallest absolute Gasteiger partial charge is 0.319 e. The Morgan fingerprint density at radius 3 is 2.39 bits per heavy atom. The van der Waals surface area contributed by atoms with Gasteiger partial charge in [0.05, 0.1) is 0 Å². The summed E-state index contributed by atoms with van der Waals surface area (Å²) in [4.78, 5) is 26.2. The molecule has 0 aromatic heterocycles. The van der Waals surface area contributed by atoms with Crippen LogP contribution < -0.4 is 5.32 Å². The molecule has 4 nitrogen and oxygen atoms in total. The number of aryl methyl sites for hydroxylation is 1. The summed E-state index contributed by atoms with van der Waals surface area (Å²) in [5, 5.41) is 2.81. The van der Waals surface area contributed by atoms with Crippen LogP contribution in [0.3, 0.4) is 0 Å². The second kappa shape index (κ2) is 5.67. The number of alkyl halides is 2. The summed E-state index contributed by atoms with van der Waals surface area (Å²) < 4.78 is -0.804. The summed E-state index contributed by atoms with van der Waals surface area (Å²) in [7, 11) is 0. The summed E-state index contributed by atoms with van der Waals surface area (Å²) in [5.74, 6) is -0.295. The van der Waals surface area contributed by atoms with Crippen LogP contribution in [0.5, 0.6) is 0 Å². The van der Waals surface area contributed by atoms with Crippen molar-refractivity contribution in [2.24, 2.45) is 5.92 Å². The molecule has 1 saturated carbocycles. The van der Waals surface area contributed by atoms with E-state index in [4.69, 9.17) is 23.2 Å². The molecule has 1 aliphatic heterocycles. The standard InChI is InChI=1S/C17H20Cl2N2O2/c1-3-4-11-5-7-12(8-6-11)16(2)14(22)21(15(23)20-16)10-13-9-17(13,18)19/h5-8,13H,3-4,9-10H2,1-2H3,(H,20,23)/t13-,16+/m1/s1. The number of carbonyl (C=O) groups is 2. The van der Waals surface area contributed by atoms with Gasteiger partial charge >= 0.3 is 6.03 Å². The second-order valence-electron chi connectivity index (χ2n) is 6.58. The fourth-order valence-corrected chi connectivity index (χ4v) is 3.55. The van der Waals surface area contributed by atoms with Crippen LogP contribution in [0.25, 0.3) is 0 Å². The molecule has 124 valence electrons. The maximum Gasteiger partial charge on any atom is 0.325 e. The van der Waals surface area contributed by atoms with Gasteiger partial charge in [-0.25, -0.2) is 4.79 Å². The number of amides is 3. The molecule has 2 fully saturated rings. The molecule has 1 aliphatic carbocycles. The van der Waals surface area contributed by atoms with E-state index in [2.05, 4.69) is 12.2 Å². The van der Waals surface area contributed by atoms with E-state index in [1.807, 2.05) is 24.3 Å². The van der Waals surface area contributed by atoms with Gasteiger partial charge in [-0.2, -0.15) is 0 Å². The Bertz CT molecular complexity index is 644. The number of carbonyl (C=O) groups excluding carboxylic acids is 2. The number of benzene rings is 1. The highest BCUT2D eigenvalue weighted by atomic mass is 35.5. The third kappa shape index (κ3) is 2.94. The van der Waals surface area contributed by atoms with Gasteiger partial charge in [0, 0.05) is 12.5 Å². The van der Waals surface area contributed by atoms with Crippen molar-refractivity contribution in [1.82, 2.24) is 10.2 Å². The molecular formula is C17H20Cl2N2O2. The van der Waals surface area contributed by atoms with Crippen molar-refractivity contribution in [2.45, 2.75) is 43.0 Å². The Labute approximate surface area is 146 Å². The second-order valence-corrected chi connectivity index (χ2v) is 8.12. The predicted molar refractivity (Wildman–Crippen MR) is 90.6 cm³/mol. The molecule has 0 spiro atoms. The van der Waals surface area contributed by atoms with Gasteiger partial charge < -0.3 is 5.32 Å². The molecule has 3 rings (SSSR count). The number of hydrogen-bond acceptors (Lipinski definition) is 2. The van der Waals surface area contributed by atoms with Crippen molar-refractivity contribution >= 4 is 35.1 Å². The highest BCUT2D eigenvalue weighted by Crippen LogP contribution is 2.53. The van der Waals surface area contributed by atoms with Crippen molar-refractivity contribution in [3.05, 3.63) is 35.4 Å². The van der Waals surface area contributed by atoms with Crippen molar-refractivity contribution in [3.8, 4) is 0 Å². The number of nitrogens with one attached hydrogen (secondary N) is 1. The summed E-state index contributed by atoms with van der Waals surface area (Å²) in [5.41, 5.74) is 0.982. The minimum Gasteiger partial charge on any atom is -0.319 e. The van der Waals surface area contributed by atoms with Crippen LogP contribution in [-0.4, -0.2) is 27.7 Å². The normalized spacial score (nSPS) is 28.9. The van der Waals surface area contributed by atoms with E-state index in [1.54, 1.807) is 6.92 Å². The van der Waals surface area contributed by atoms with E-state index in [-0.39, 0.29) is 24.4 Å². The van der Waals surface area contributed by atoms with Crippen molar-refractivity contribution in [1.29, 1.82) is 0 Å². The van der Waals surface area contributed by atoms with E-state index in [0.29, 0.717) is 6.42 Å². The quantitative estimate of drug-likeness (QED) is 0.648. The zero-order valence-corrected chi connectivity index (χ0v) is 14.7. The molecule has 0 radical (unpaired) electrons. The summed E-state index contributed by atoms with van der Waals surface area (Å²) in [6.45, 7) is 4.13. The average molecular weight is 355 g/mol. The van der Waals surface area contributed by atoms with Gasteiger partial charge in [0.15, 0.2) is 0 Å². The SMILES string of the molecule is CCCc1ccc([C@]2(C)NC(=O)N(C[C@H]3CC3(Cl)Cl)C2=O)cc1. The van der Waals surface area contributed by atoms with Crippen LogP contribution in [0.15, 0.2) is 24.3 Å². The average Bonchev–Trinajstić information content (AvgIpc) is 3.04. The van der Waals surface area contributed by atoms with Crippen LogP contribution in [0, 0.1) is 5.92 Å². The molecule has 6 heteroatoms. The van der Waals surface area contributed by atoms with Crippen LogP contribution in [0.2, 0.25) is 0 Å². The molecule has 23 heavy (non-hydrogen) atoms. The van der Waals surface area contributed by atoms with Gasteiger partial charge in [-0.1, -0.05) is 37.6 Å². The van der Waals surface area contributed by atoms with Crippen LogP contribution >= 0.6 is 23.2 Å². The molecule has 1 aromatic carbocycles. The maximum absolute atomic E-state index is 12.8. The number of nitrogens with zero attached hydrogens (tertiary/aromatic N) is 1. The minimum absolute atomic E-state index is 0.0465. The Hall–Kier alpha value is -1.26. The minimum atomic E-state index is -1.03. The highest BCUT2D eigenvalue weighted by molar-refractivity contribution is 6.50. The lowest BCUT2D eigenvalue weighted by molar-refractivity contribution is -0.131. The Morgan fingerprint density at radius 2 is 1.87 bits per heavy atom. The van der Waals surface area contributed by atoms with Gasteiger partial charge in [0.1, 0.15) is 9.87 Å². The Kier molecular flexibility index (Phi) is 4.09. The van der Waals surface area contributed by atoms with Crippen molar-refractivity contribution in [2.75, 3.05) is 6.54 Å². The fourth-order valence-electron chi connectivity index (χ4n) is 3.04. The molecule has 1 heterocycles. The molecule has 1 N–H and O–H groups in total. The largest absolute Gasteiger partial charge is 0.325 e. The molecule has 2 atom stereocenters. The third-order valence-electron chi connectivity index (χ3n) is 4.70. The van der Waals surface area contributed by atoms with Gasteiger partial charge in [-0.05, 0) is 30.9 Å². The molecule has 0 unspecified atom stereocenters. The number of halogens is 2. The summed E-state index contributed by atoms with van der Waals surface area (Å²) in [6, 6.07) is 7.46. The van der Waals surface area contributed by atoms with Crippen LogP contribution in [0.4, 0.5) is 4.79 Å². The van der Waals surface area contributed by atoms with Crippen molar-refractivity contribution in [3.63, 3.8) is 0 Å². The first kappa shape index (κ1) is 16.6. The number of rotatable bonds is 5. The van der Waals surface area contributed by atoms with E-state index >= 15 is 0 Å². The van der Waals surface area contributed by atoms with Gasteiger partial charge in [0.2, 0.25) is 0 Å². The first-order valence-electron chi connectivity index (χ1n) is 7.89. The Morgan fingerprint density at radius 1 is 1.26 bits per heavy atom. The maximum atomic E-state index is 12.8. The number of imide groups is 1.